The van der Waals surface area contributed by atoms with Gasteiger partial charge in [-0.3, -0.25) is 9.59 Å². The first-order valence-corrected chi connectivity index (χ1v) is 10.6. The van der Waals surface area contributed by atoms with Crippen molar-refractivity contribution in [1.82, 2.24) is 19.9 Å². The van der Waals surface area contributed by atoms with Gasteiger partial charge in [-0.1, -0.05) is 0 Å². The van der Waals surface area contributed by atoms with Crippen LogP contribution in [0.4, 0.5) is 10.1 Å². The summed E-state index contributed by atoms with van der Waals surface area (Å²) in [5, 5.41) is 0.641. The average molecular weight is 423 g/mol. The zero-order valence-electron chi connectivity index (χ0n) is 15.9. The number of nitrogens with one attached hydrogen (secondary N) is 2. The molecule has 0 radical (unpaired) electrons. The first kappa shape index (κ1) is 18.7. The second-order valence-corrected chi connectivity index (χ2v) is 8.38. The Bertz CT molecular complexity index is 1360. The minimum atomic E-state index is -0.447. The second kappa shape index (κ2) is 7.17. The lowest BCUT2D eigenvalue weighted by Gasteiger charge is -2.26. The van der Waals surface area contributed by atoms with Crippen molar-refractivity contribution in [2.24, 2.45) is 0 Å². The van der Waals surface area contributed by atoms with E-state index in [0.717, 1.165) is 24.6 Å². The third-order valence-electron chi connectivity index (χ3n) is 5.28. The number of thioether (sulfide) groups is 1. The number of hydrogen-bond donors (Lipinski definition) is 3. The molecule has 3 heterocycles. The van der Waals surface area contributed by atoms with E-state index >= 15 is 0 Å². The van der Waals surface area contributed by atoms with Gasteiger partial charge in [-0.2, -0.15) is 11.8 Å². The van der Waals surface area contributed by atoms with E-state index in [1.54, 1.807) is 18.2 Å². The van der Waals surface area contributed by atoms with Crippen LogP contribution < -0.4 is 11.3 Å². The highest BCUT2D eigenvalue weighted by molar-refractivity contribution is 7.99. The van der Waals surface area contributed by atoms with Crippen LogP contribution in [0.3, 0.4) is 0 Å². The van der Waals surface area contributed by atoms with Crippen LogP contribution in [0.25, 0.3) is 33.3 Å². The van der Waals surface area contributed by atoms with Gasteiger partial charge in [-0.25, -0.2) is 9.37 Å². The lowest BCUT2D eigenvalue weighted by Crippen LogP contribution is -2.37. The van der Waals surface area contributed by atoms with Crippen LogP contribution in [-0.2, 0) is 0 Å². The molecule has 2 aromatic heterocycles. The molecule has 0 atom stereocenters. The Kier molecular flexibility index (Phi) is 4.47. The molecule has 5 rings (SSSR count). The number of nitrogen functional groups attached to an aromatic ring is 1. The maximum Gasteiger partial charge on any atom is 0.276 e. The van der Waals surface area contributed by atoms with Crippen LogP contribution in [0.5, 0.6) is 0 Å². The summed E-state index contributed by atoms with van der Waals surface area (Å²) in [6.45, 7) is 1.45. The molecule has 4 N–H and O–H groups in total. The third-order valence-corrected chi connectivity index (χ3v) is 6.22. The molecule has 0 spiro atoms. The number of nitrogens with two attached hydrogens (primary N) is 1. The van der Waals surface area contributed by atoms with Gasteiger partial charge in [0.1, 0.15) is 5.82 Å². The molecule has 1 amide bonds. The van der Waals surface area contributed by atoms with E-state index in [1.807, 2.05) is 16.7 Å². The van der Waals surface area contributed by atoms with Crippen molar-refractivity contribution < 1.29 is 9.18 Å². The van der Waals surface area contributed by atoms with Crippen LogP contribution in [0, 0.1) is 5.82 Å². The lowest BCUT2D eigenvalue weighted by atomic mass is 10.1. The fraction of sp³-hybridized carbons (Fsp3) is 0.190. The number of aromatic nitrogens is 3. The SMILES string of the molecule is Nc1c(-c2nc3cc(F)ccc3[nH]c2=O)[nH]c2ccc(C(=O)N3CCSCC3)cc12. The maximum absolute atomic E-state index is 13.6. The highest BCUT2D eigenvalue weighted by Gasteiger charge is 2.21. The Morgan fingerprint density at radius 3 is 2.67 bits per heavy atom. The predicted octanol–water partition coefficient (Wildman–Crippen LogP) is 2.98. The van der Waals surface area contributed by atoms with Crippen LogP contribution in [-0.4, -0.2) is 50.4 Å². The van der Waals surface area contributed by atoms with Crippen molar-refractivity contribution in [2.45, 2.75) is 0 Å². The van der Waals surface area contributed by atoms with Crippen molar-refractivity contribution >= 4 is 45.3 Å². The standard InChI is InChI=1S/C21H18FN5O2S/c22-12-2-4-15-16(10-12)25-19(20(28)26-15)18-17(23)13-9-11(1-3-14(13)24-18)21(29)27-5-7-30-8-6-27/h1-4,9-10,24H,5-8,23H2,(H,26,28). The summed E-state index contributed by atoms with van der Waals surface area (Å²) in [7, 11) is 0. The fourth-order valence-electron chi connectivity index (χ4n) is 3.71. The summed E-state index contributed by atoms with van der Waals surface area (Å²) in [4.78, 5) is 37.4. The van der Waals surface area contributed by atoms with Crippen molar-refractivity contribution in [3.8, 4) is 11.4 Å². The number of anilines is 1. The molecule has 1 aliphatic rings. The van der Waals surface area contributed by atoms with Gasteiger partial charge in [-0.15, -0.1) is 0 Å². The summed E-state index contributed by atoms with van der Waals surface area (Å²) in [5.74, 6) is 1.39. The molecule has 9 heteroatoms. The van der Waals surface area contributed by atoms with Crippen LogP contribution >= 0.6 is 11.8 Å². The van der Waals surface area contributed by atoms with Crippen molar-refractivity contribution in [3.05, 3.63) is 58.1 Å². The zero-order valence-corrected chi connectivity index (χ0v) is 16.7. The molecule has 2 aromatic carbocycles. The van der Waals surface area contributed by atoms with Gasteiger partial charge in [0.25, 0.3) is 11.5 Å². The smallest absolute Gasteiger partial charge is 0.276 e. The number of halogens is 1. The van der Waals surface area contributed by atoms with Gasteiger partial charge in [0, 0.05) is 47.1 Å². The zero-order chi connectivity index (χ0) is 20.8. The minimum absolute atomic E-state index is 0.0310. The van der Waals surface area contributed by atoms with Crippen LogP contribution in [0.2, 0.25) is 0 Å². The molecular weight excluding hydrogens is 405 g/mol. The average Bonchev–Trinajstić information content (AvgIpc) is 3.09. The van der Waals surface area contributed by atoms with Gasteiger partial charge in [0.2, 0.25) is 0 Å². The van der Waals surface area contributed by atoms with E-state index in [2.05, 4.69) is 15.0 Å². The molecule has 152 valence electrons. The van der Waals surface area contributed by atoms with E-state index in [0.29, 0.717) is 38.9 Å². The molecule has 0 aliphatic carbocycles. The molecule has 0 unspecified atom stereocenters. The lowest BCUT2D eigenvalue weighted by molar-refractivity contribution is 0.0772. The number of carbonyl (C=O) groups is 1. The molecular formula is C21H18FN5O2S. The summed E-state index contributed by atoms with van der Waals surface area (Å²) >= 11 is 1.84. The van der Waals surface area contributed by atoms with E-state index in [1.165, 1.54) is 18.2 Å². The maximum atomic E-state index is 13.6. The summed E-state index contributed by atoms with van der Waals surface area (Å²) in [5.41, 5.74) is 8.63. The van der Waals surface area contributed by atoms with Crippen molar-refractivity contribution in [3.63, 3.8) is 0 Å². The number of hydrogen-bond acceptors (Lipinski definition) is 5. The predicted molar refractivity (Wildman–Crippen MR) is 117 cm³/mol. The largest absolute Gasteiger partial charge is 0.396 e. The Morgan fingerprint density at radius 2 is 1.87 bits per heavy atom. The minimum Gasteiger partial charge on any atom is -0.396 e. The first-order valence-electron chi connectivity index (χ1n) is 9.49. The number of aromatic amines is 2. The molecule has 1 aliphatic heterocycles. The molecule has 1 fully saturated rings. The van der Waals surface area contributed by atoms with Crippen LogP contribution in [0.15, 0.2) is 41.2 Å². The second-order valence-electron chi connectivity index (χ2n) is 7.15. The number of benzene rings is 2. The first-order chi connectivity index (χ1) is 14.5. The Morgan fingerprint density at radius 1 is 1.10 bits per heavy atom. The fourth-order valence-corrected chi connectivity index (χ4v) is 4.61. The normalized spacial score (nSPS) is 14.5. The van der Waals surface area contributed by atoms with Gasteiger partial charge in [0.15, 0.2) is 5.69 Å². The Balaban J connectivity index is 1.60. The Hall–Kier alpha value is -3.33. The monoisotopic (exact) mass is 423 g/mol. The highest BCUT2D eigenvalue weighted by atomic mass is 32.2. The molecule has 0 saturated carbocycles. The molecule has 7 nitrogen and oxygen atoms in total. The number of carbonyl (C=O) groups excluding carboxylic acids is 1. The third kappa shape index (κ3) is 3.11. The molecule has 1 saturated heterocycles. The molecule has 4 aromatic rings. The number of fused-ring (bicyclic) bond motifs is 2. The molecule has 0 bridgehead atoms. The Labute approximate surface area is 174 Å². The van der Waals surface area contributed by atoms with E-state index in [4.69, 9.17) is 5.73 Å². The van der Waals surface area contributed by atoms with E-state index in [-0.39, 0.29) is 11.6 Å². The molecule has 30 heavy (non-hydrogen) atoms. The van der Waals surface area contributed by atoms with E-state index in [9.17, 15) is 14.0 Å². The van der Waals surface area contributed by atoms with Crippen molar-refractivity contribution in [1.29, 1.82) is 0 Å². The summed E-state index contributed by atoms with van der Waals surface area (Å²) in [6, 6.07) is 9.24. The van der Waals surface area contributed by atoms with Gasteiger partial charge >= 0.3 is 0 Å². The van der Waals surface area contributed by atoms with Gasteiger partial charge in [-0.05, 0) is 30.3 Å². The number of H-pyrrole nitrogens is 2. The summed E-state index contributed by atoms with van der Waals surface area (Å²) < 4.78 is 13.6. The highest BCUT2D eigenvalue weighted by Crippen LogP contribution is 2.32. The van der Waals surface area contributed by atoms with Crippen molar-refractivity contribution in [2.75, 3.05) is 30.3 Å². The van der Waals surface area contributed by atoms with Crippen LogP contribution in [0.1, 0.15) is 10.4 Å². The van der Waals surface area contributed by atoms with Gasteiger partial charge < -0.3 is 20.6 Å². The number of nitrogens with zero attached hydrogens (tertiary/aromatic N) is 2. The quantitative estimate of drug-likeness (QED) is 0.459. The van der Waals surface area contributed by atoms with Gasteiger partial charge in [0.05, 0.1) is 22.4 Å². The number of amides is 1. The van der Waals surface area contributed by atoms with E-state index < -0.39 is 11.4 Å². The summed E-state index contributed by atoms with van der Waals surface area (Å²) in [6.07, 6.45) is 0. The number of rotatable bonds is 2. The topological polar surface area (TPSA) is 108 Å².